The minimum atomic E-state index is -3.59. The summed E-state index contributed by atoms with van der Waals surface area (Å²) in [5, 5.41) is 4.95. The number of nitrogens with one attached hydrogen (secondary N) is 1. The van der Waals surface area contributed by atoms with Gasteiger partial charge in [-0.3, -0.25) is 0 Å². The van der Waals surface area contributed by atoms with Crippen molar-refractivity contribution in [3.8, 4) is 11.3 Å². The Morgan fingerprint density at radius 2 is 1.88 bits per heavy atom. The smallest absolute Gasteiger partial charge is 0.274 e. The predicted octanol–water partition coefficient (Wildman–Crippen LogP) is 1.54. The van der Waals surface area contributed by atoms with Gasteiger partial charge in [0.05, 0.1) is 5.69 Å². The highest BCUT2D eigenvalue weighted by Gasteiger charge is 2.20. The average Bonchev–Trinajstić information content (AvgIpc) is 2.62. The Balaban J connectivity index is 1.56. The minimum absolute atomic E-state index is 0.398. The molecule has 1 aliphatic rings. The lowest BCUT2D eigenvalue weighted by Crippen LogP contribution is -2.36. The average molecular weight is 361 g/mol. The van der Waals surface area contributed by atoms with Crippen LogP contribution in [-0.4, -0.2) is 38.0 Å². The van der Waals surface area contributed by atoms with Crippen molar-refractivity contribution < 1.29 is 8.42 Å². The van der Waals surface area contributed by atoms with Gasteiger partial charge < -0.3 is 4.90 Å². The van der Waals surface area contributed by atoms with Gasteiger partial charge in [0.25, 0.3) is 10.2 Å². The Morgan fingerprint density at radius 3 is 2.56 bits per heavy atom. The van der Waals surface area contributed by atoms with Crippen LogP contribution in [0.3, 0.4) is 0 Å². The van der Waals surface area contributed by atoms with Crippen LogP contribution in [0.15, 0.2) is 42.7 Å². The van der Waals surface area contributed by atoms with E-state index in [2.05, 4.69) is 19.6 Å². The maximum Gasteiger partial charge on any atom is 0.274 e. The van der Waals surface area contributed by atoms with E-state index in [1.54, 1.807) is 6.33 Å². The van der Waals surface area contributed by atoms with Crippen LogP contribution in [0.5, 0.6) is 0 Å². The molecule has 1 aromatic carbocycles. The van der Waals surface area contributed by atoms with E-state index in [-0.39, 0.29) is 0 Å². The van der Waals surface area contributed by atoms with Gasteiger partial charge in [-0.1, -0.05) is 30.3 Å². The Morgan fingerprint density at radius 1 is 1.16 bits per heavy atom. The maximum absolute atomic E-state index is 10.9. The lowest BCUT2D eigenvalue weighted by Gasteiger charge is -2.32. The topological polar surface area (TPSA) is 101 Å². The van der Waals surface area contributed by atoms with Gasteiger partial charge in [-0.25, -0.2) is 19.8 Å². The lowest BCUT2D eigenvalue weighted by atomic mass is 9.93. The molecule has 2 heterocycles. The van der Waals surface area contributed by atoms with E-state index in [0.717, 1.165) is 49.4 Å². The molecule has 0 radical (unpaired) electrons. The molecule has 1 aromatic heterocycles. The lowest BCUT2D eigenvalue weighted by molar-refractivity contribution is 0.380. The molecule has 7 nitrogen and oxygen atoms in total. The highest BCUT2D eigenvalue weighted by Crippen LogP contribution is 2.26. The Labute approximate surface area is 148 Å². The van der Waals surface area contributed by atoms with Gasteiger partial charge >= 0.3 is 0 Å². The standard InChI is InChI=1S/C17H23N5O2S/c18-25(23,24)21-9-6-14-7-10-22(11-8-14)17-12-16(19-13-20-17)15-4-2-1-3-5-15/h1-5,12-14,21H,6-11H2,(H2,18,23,24). The molecule has 0 saturated carbocycles. The van der Waals surface area contributed by atoms with Crippen molar-refractivity contribution in [2.45, 2.75) is 19.3 Å². The van der Waals surface area contributed by atoms with Crippen molar-refractivity contribution in [3.05, 3.63) is 42.7 Å². The Hall–Kier alpha value is -2.03. The number of nitrogens with two attached hydrogens (primary N) is 1. The van der Waals surface area contributed by atoms with Gasteiger partial charge in [0, 0.05) is 31.3 Å². The molecule has 0 atom stereocenters. The number of rotatable bonds is 6. The SMILES string of the molecule is NS(=O)(=O)NCCC1CCN(c2cc(-c3ccccc3)ncn2)CC1. The van der Waals surface area contributed by atoms with Gasteiger partial charge in [0.15, 0.2) is 0 Å². The molecule has 8 heteroatoms. The summed E-state index contributed by atoms with van der Waals surface area (Å²) < 4.78 is 24.2. The monoisotopic (exact) mass is 361 g/mol. The molecule has 0 unspecified atom stereocenters. The summed E-state index contributed by atoms with van der Waals surface area (Å²) in [5.74, 6) is 1.44. The zero-order valence-electron chi connectivity index (χ0n) is 14.0. The molecule has 0 amide bonds. The second kappa shape index (κ2) is 7.90. The maximum atomic E-state index is 10.9. The highest BCUT2D eigenvalue weighted by molar-refractivity contribution is 7.87. The molecule has 0 aliphatic carbocycles. The van der Waals surface area contributed by atoms with Crippen molar-refractivity contribution >= 4 is 16.0 Å². The molecule has 0 bridgehead atoms. The van der Waals surface area contributed by atoms with Crippen molar-refractivity contribution in [3.63, 3.8) is 0 Å². The third kappa shape index (κ3) is 5.22. The number of aromatic nitrogens is 2. The predicted molar refractivity (Wildman–Crippen MR) is 98.1 cm³/mol. The molecule has 1 aliphatic heterocycles. The summed E-state index contributed by atoms with van der Waals surface area (Å²) in [5.41, 5.74) is 2.00. The van der Waals surface area contributed by atoms with E-state index >= 15 is 0 Å². The van der Waals surface area contributed by atoms with E-state index in [4.69, 9.17) is 5.14 Å². The van der Waals surface area contributed by atoms with Crippen LogP contribution in [0.25, 0.3) is 11.3 Å². The van der Waals surface area contributed by atoms with Crippen molar-refractivity contribution in [2.75, 3.05) is 24.5 Å². The fourth-order valence-corrected chi connectivity index (χ4v) is 3.55. The van der Waals surface area contributed by atoms with E-state index < -0.39 is 10.2 Å². The summed E-state index contributed by atoms with van der Waals surface area (Å²) in [7, 11) is -3.59. The first-order valence-corrected chi connectivity index (χ1v) is 9.96. The second-order valence-electron chi connectivity index (χ2n) is 6.29. The number of benzene rings is 1. The van der Waals surface area contributed by atoms with Crippen molar-refractivity contribution in [1.82, 2.24) is 14.7 Å². The van der Waals surface area contributed by atoms with E-state index in [1.807, 2.05) is 36.4 Å². The van der Waals surface area contributed by atoms with Crippen LogP contribution in [0, 0.1) is 5.92 Å². The third-order valence-corrected chi connectivity index (χ3v) is 5.12. The molecule has 1 saturated heterocycles. The first kappa shape index (κ1) is 17.8. The van der Waals surface area contributed by atoms with E-state index in [0.29, 0.717) is 12.5 Å². The van der Waals surface area contributed by atoms with E-state index in [1.165, 1.54) is 0 Å². The van der Waals surface area contributed by atoms with Crippen molar-refractivity contribution in [1.29, 1.82) is 0 Å². The van der Waals surface area contributed by atoms with Crippen LogP contribution in [-0.2, 0) is 10.2 Å². The largest absolute Gasteiger partial charge is 0.356 e. The number of hydrogen-bond acceptors (Lipinski definition) is 5. The zero-order valence-corrected chi connectivity index (χ0v) is 14.8. The first-order chi connectivity index (χ1) is 12.0. The van der Waals surface area contributed by atoms with Crippen LogP contribution in [0.1, 0.15) is 19.3 Å². The van der Waals surface area contributed by atoms with E-state index in [9.17, 15) is 8.42 Å². The molecule has 134 valence electrons. The van der Waals surface area contributed by atoms with Crippen molar-refractivity contribution in [2.24, 2.45) is 11.1 Å². The summed E-state index contributed by atoms with van der Waals surface area (Å²) in [6, 6.07) is 12.1. The quantitative estimate of drug-likeness (QED) is 0.813. The van der Waals surface area contributed by atoms with Gasteiger partial charge in [-0.05, 0) is 25.2 Å². The fourth-order valence-electron chi connectivity index (χ4n) is 3.14. The van der Waals surface area contributed by atoms with Gasteiger partial charge in [-0.15, -0.1) is 0 Å². The Kier molecular flexibility index (Phi) is 5.62. The molecular weight excluding hydrogens is 338 g/mol. The molecule has 2 aromatic rings. The number of piperidine rings is 1. The van der Waals surface area contributed by atoms with Gasteiger partial charge in [0.1, 0.15) is 12.1 Å². The molecule has 25 heavy (non-hydrogen) atoms. The third-order valence-electron chi connectivity index (χ3n) is 4.52. The van der Waals surface area contributed by atoms with Gasteiger partial charge in [-0.2, -0.15) is 8.42 Å². The summed E-state index contributed by atoms with van der Waals surface area (Å²) in [4.78, 5) is 11.0. The normalized spacial score (nSPS) is 16.1. The molecule has 3 rings (SSSR count). The number of nitrogens with zero attached hydrogens (tertiary/aromatic N) is 3. The molecular formula is C17H23N5O2S. The van der Waals surface area contributed by atoms with Crippen LogP contribution < -0.4 is 14.8 Å². The number of hydrogen-bond donors (Lipinski definition) is 2. The van der Waals surface area contributed by atoms with Crippen LogP contribution in [0.2, 0.25) is 0 Å². The number of anilines is 1. The minimum Gasteiger partial charge on any atom is -0.356 e. The second-order valence-corrected chi connectivity index (χ2v) is 7.66. The summed E-state index contributed by atoms with van der Waals surface area (Å²) in [6.45, 7) is 2.21. The molecule has 1 fully saturated rings. The Bertz CT molecular complexity index is 790. The highest BCUT2D eigenvalue weighted by atomic mass is 32.2. The molecule has 3 N–H and O–H groups in total. The van der Waals surface area contributed by atoms with Gasteiger partial charge in [0.2, 0.25) is 0 Å². The van der Waals surface area contributed by atoms with Crippen LogP contribution in [0.4, 0.5) is 5.82 Å². The van der Waals surface area contributed by atoms with Crippen LogP contribution >= 0.6 is 0 Å². The molecule has 0 spiro atoms. The zero-order chi connectivity index (χ0) is 17.7. The summed E-state index contributed by atoms with van der Waals surface area (Å²) in [6.07, 6.45) is 4.44. The first-order valence-electron chi connectivity index (χ1n) is 8.41. The fraction of sp³-hybridized carbons (Fsp3) is 0.412. The summed E-state index contributed by atoms with van der Waals surface area (Å²) >= 11 is 0.